The van der Waals surface area contributed by atoms with Gasteiger partial charge < -0.3 is 5.11 Å². The van der Waals surface area contributed by atoms with E-state index >= 15 is 0 Å². The topological polar surface area (TPSA) is 50.9 Å². The number of phenols is 1. The summed E-state index contributed by atoms with van der Waals surface area (Å²) in [5, 5.41) is 20.3. The number of thioether (sulfide) groups is 1. The molecule has 5 heteroatoms. The van der Waals surface area contributed by atoms with Gasteiger partial charge in [0, 0.05) is 15.2 Å². The number of aromatic hydroxyl groups is 1. The third kappa shape index (κ3) is 5.18. The van der Waals surface area contributed by atoms with Gasteiger partial charge in [-0.2, -0.15) is 0 Å². The SMILES string of the molecule is Cc1cc(-n2nc3ccc(SC(C)(C)CC(C)(C)C)cc3n2)c(O)c(C(C)(C)C)c1. The van der Waals surface area contributed by atoms with Gasteiger partial charge in [-0.15, -0.1) is 26.8 Å². The maximum absolute atomic E-state index is 10.9. The Morgan fingerprint density at radius 3 is 2.13 bits per heavy atom. The van der Waals surface area contributed by atoms with E-state index in [0.29, 0.717) is 5.69 Å². The molecule has 0 aliphatic carbocycles. The lowest BCUT2D eigenvalue weighted by Crippen LogP contribution is -2.23. The van der Waals surface area contributed by atoms with Gasteiger partial charge in [-0.25, -0.2) is 0 Å². The van der Waals surface area contributed by atoms with Gasteiger partial charge in [0.05, 0.1) is 0 Å². The van der Waals surface area contributed by atoms with Crippen molar-refractivity contribution in [3.63, 3.8) is 0 Å². The van der Waals surface area contributed by atoms with Crippen LogP contribution in [0, 0.1) is 12.3 Å². The molecule has 1 heterocycles. The number of fused-ring (bicyclic) bond motifs is 1. The first-order valence-electron chi connectivity index (χ1n) is 10.6. The average molecular weight is 426 g/mol. The molecule has 0 aliphatic rings. The van der Waals surface area contributed by atoms with Crippen molar-refractivity contribution in [1.29, 1.82) is 0 Å². The summed E-state index contributed by atoms with van der Waals surface area (Å²) in [4.78, 5) is 2.75. The summed E-state index contributed by atoms with van der Waals surface area (Å²) >= 11 is 1.88. The van der Waals surface area contributed by atoms with Crippen LogP contribution in [0.3, 0.4) is 0 Å². The number of rotatable bonds is 4. The van der Waals surface area contributed by atoms with Gasteiger partial charge in [0.1, 0.15) is 22.5 Å². The van der Waals surface area contributed by atoms with Crippen LogP contribution in [0.1, 0.15) is 72.9 Å². The molecule has 0 fully saturated rings. The zero-order chi connectivity index (χ0) is 22.5. The molecule has 162 valence electrons. The predicted octanol–water partition coefficient (Wildman–Crippen LogP) is 7.04. The quantitative estimate of drug-likeness (QED) is 0.455. The van der Waals surface area contributed by atoms with Crippen LogP contribution in [0.5, 0.6) is 5.75 Å². The Balaban J connectivity index is 1.99. The van der Waals surface area contributed by atoms with Gasteiger partial charge in [-0.1, -0.05) is 61.5 Å². The van der Waals surface area contributed by atoms with Crippen LogP contribution in [-0.4, -0.2) is 24.8 Å². The third-order valence-electron chi connectivity index (χ3n) is 4.96. The van der Waals surface area contributed by atoms with Crippen LogP contribution in [0.4, 0.5) is 0 Å². The number of hydrogen-bond acceptors (Lipinski definition) is 4. The largest absolute Gasteiger partial charge is 0.505 e. The first kappa shape index (κ1) is 22.7. The number of hydrogen-bond donors (Lipinski definition) is 1. The van der Waals surface area contributed by atoms with Crippen LogP contribution in [0.25, 0.3) is 16.7 Å². The molecule has 1 aromatic heterocycles. The van der Waals surface area contributed by atoms with E-state index in [9.17, 15) is 5.11 Å². The molecule has 3 rings (SSSR count). The van der Waals surface area contributed by atoms with Crippen LogP contribution >= 0.6 is 11.8 Å². The molecule has 0 bridgehead atoms. The predicted molar refractivity (Wildman–Crippen MR) is 128 cm³/mol. The van der Waals surface area contributed by atoms with E-state index in [-0.39, 0.29) is 21.3 Å². The molecule has 1 N–H and O–H groups in total. The fraction of sp³-hybridized carbons (Fsp3) is 0.520. The van der Waals surface area contributed by atoms with Crippen molar-refractivity contribution >= 4 is 22.8 Å². The Labute approximate surface area is 185 Å². The summed E-state index contributed by atoms with van der Waals surface area (Å²) in [6.45, 7) is 19.8. The second-order valence-corrected chi connectivity index (χ2v) is 13.0. The number of nitrogens with zero attached hydrogens (tertiary/aromatic N) is 3. The molecule has 0 amide bonds. The zero-order valence-electron chi connectivity index (χ0n) is 19.8. The lowest BCUT2D eigenvalue weighted by molar-refractivity contribution is 0.339. The highest BCUT2D eigenvalue weighted by molar-refractivity contribution is 8.00. The van der Waals surface area contributed by atoms with Crippen molar-refractivity contribution in [3.05, 3.63) is 41.5 Å². The minimum absolute atomic E-state index is 0.123. The highest BCUT2D eigenvalue weighted by Gasteiger charge is 2.27. The molecular weight excluding hydrogens is 390 g/mol. The Bertz CT molecular complexity index is 1070. The van der Waals surface area contributed by atoms with Crippen molar-refractivity contribution < 1.29 is 5.11 Å². The molecule has 0 unspecified atom stereocenters. The first-order valence-corrected chi connectivity index (χ1v) is 11.4. The molecule has 0 saturated carbocycles. The molecule has 4 nitrogen and oxygen atoms in total. The minimum Gasteiger partial charge on any atom is -0.505 e. The van der Waals surface area contributed by atoms with Crippen LogP contribution in [0.15, 0.2) is 35.2 Å². The molecule has 2 aromatic carbocycles. The number of aromatic nitrogens is 3. The van der Waals surface area contributed by atoms with Gasteiger partial charge in [-0.05, 0) is 54.0 Å². The maximum Gasteiger partial charge on any atom is 0.146 e. The lowest BCUT2D eigenvalue weighted by atomic mass is 9.85. The van der Waals surface area contributed by atoms with Crippen LogP contribution in [0.2, 0.25) is 0 Å². The highest BCUT2D eigenvalue weighted by Crippen LogP contribution is 2.41. The van der Waals surface area contributed by atoms with Crippen LogP contribution < -0.4 is 0 Å². The normalized spacial score (nSPS) is 13.2. The smallest absolute Gasteiger partial charge is 0.146 e. The summed E-state index contributed by atoms with van der Waals surface area (Å²) in [6, 6.07) is 10.2. The second kappa shape index (κ2) is 7.60. The van der Waals surface area contributed by atoms with E-state index in [1.54, 1.807) is 4.80 Å². The molecular formula is C25H35N3OS. The molecule has 0 spiro atoms. The molecule has 0 radical (unpaired) electrons. The molecule has 3 aromatic rings. The Hall–Kier alpha value is -2.01. The van der Waals surface area contributed by atoms with Crippen molar-refractivity contribution in [3.8, 4) is 11.4 Å². The zero-order valence-corrected chi connectivity index (χ0v) is 20.6. The van der Waals surface area contributed by atoms with E-state index in [1.807, 2.05) is 36.9 Å². The number of aryl methyl sites for hydroxylation is 1. The highest BCUT2D eigenvalue weighted by atomic mass is 32.2. The van der Waals surface area contributed by atoms with Gasteiger partial charge in [-0.3, -0.25) is 0 Å². The molecule has 0 saturated heterocycles. The minimum atomic E-state index is -0.167. The third-order valence-corrected chi connectivity index (χ3v) is 6.15. The molecule has 0 atom stereocenters. The van der Waals surface area contributed by atoms with E-state index in [4.69, 9.17) is 5.10 Å². The Kier molecular flexibility index (Phi) is 5.74. The summed E-state index contributed by atoms with van der Waals surface area (Å²) < 4.78 is 0.123. The monoisotopic (exact) mass is 425 g/mol. The van der Waals surface area contributed by atoms with Crippen molar-refractivity contribution in [2.45, 2.75) is 83.8 Å². The molecule has 0 aliphatic heterocycles. The van der Waals surface area contributed by atoms with Gasteiger partial charge in [0.25, 0.3) is 0 Å². The van der Waals surface area contributed by atoms with Crippen molar-refractivity contribution in [2.75, 3.05) is 0 Å². The van der Waals surface area contributed by atoms with E-state index < -0.39 is 0 Å². The van der Waals surface area contributed by atoms with Crippen LogP contribution in [-0.2, 0) is 5.41 Å². The number of phenolic OH excluding ortho intramolecular Hbond substituents is 1. The Morgan fingerprint density at radius 1 is 0.900 bits per heavy atom. The number of benzene rings is 2. The summed E-state index contributed by atoms with van der Waals surface area (Å²) in [5.74, 6) is 0.245. The summed E-state index contributed by atoms with van der Waals surface area (Å²) in [7, 11) is 0. The Morgan fingerprint density at radius 2 is 1.53 bits per heavy atom. The van der Waals surface area contributed by atoms with Crippen molar-refractivity contribution in [2.24, 2.45) is 5.41 Å². The van der Waals surface area contributed by atoms with Gasteiger partial charge >= 0.3 is 0 Å². The van der Waals surface area contributed by atoms with Gasteiger partial charge in [0.15, 0.2) is 0 Å². The lowest BCUT2D eigenvalue weighted by Gasteiger charge is -2.31. The first-order chi connectivity index (χ1) is 13.6. The van der Waals surface area contributed by atoms with Crippen molar-refractivity contribution in [1.82, 2.24) is 15.0 Å². The summed E-state index contributed by atoms with van der Waals surface area (Å²) in [5.41, 5.74) is 4.37. The fourth-order valence-electron chi connectivity index (χ4n) is 4.18. The summed E-state index contributed by atoms with van der Waals surface area (Å²) in [6.07, 6.45) is 1.11. The standard InChI is InChI=1S/C25H35N3OS/c1-16-12-18(24(5,6)7)22(29)21(13-16)28-26-19-11-10-17(14-20(19)27-28)30-25(8,9)15-23(2,3)4/h10-14,29H,15H2,1-9H3. The fourth-order valence-corrected chi connectivity index (χ4v) is 5.63. The van der Waals surface area contributed by atoms with Gasteiger partial charge in [0.2, 0.25) is 0 Å². The van der Waals surface area contributed by atoms with E-state index in [2.05, 4.69) is 72.6 Å². The van der Waals surface area contributed by atoms with E-state index in [0.717, 1.165) is 28.6 Å². The van der Waals surface area contributed by atoms with E-state index in [1.165, 1.54) is 4.90 Å². The average Bonchev–Trinajstić information content (AvgIpc) is 2.95. The molecule has 30 heavy (non-hydrogen) atoms. The second-order valence-electron chi connectivity index (χ2n) is 11.2. The maximum atomic E-state index is 10.9.